The number of carbonyl (C=O) groups excluding carboxylic acids is 2. The highest BCUT2D eigenvalue weighted by Crippen LogP contribution is 2.25. The molecule has 1 saturated heterocycles. The summed E-state index contributed by atoms with van der Waals surface area (Å²) in [7, 11) is 0. The van der Waals surface area contributed by atoms with E-state index >= 15 is 0 Å². The van der Waals surface area contributed by atoms with Gasteiger partial charge in [0.25, 0.3) is 0 Å². The fourth-order valence-electron chi connectivity index (χ4n) is 2.39. The second-order valence-corrected chi connectivity index (χ2v) is 5.66. The second kappa shape index (κ2) is 6.21. The van der Waals surface area contributed by atoms with Crippen LogP contribution < -0.4 is 5.32 Å². The minimum Gasteiger partial charge on any atom is -0.340 e. The van der Waals surface area contributed by atoms with Gasteiger partial charge in [0.15, 0.2) is 0 Å². The van der Waals surface area contributed by atoms with E-state index in [1.54, 1.807) is 27.7 Å². The summed E-state index contributed by atoms with van der Waals surface area (Å²) < 4.78 is 39.9. The molecule has 0 aromatic heterocycles. The van der Waals surface area contributed by atoms with Crippen LogP contribution in [0.1, 0.15) is 34.1 Å². The standard InChI is InChI=1S/C13H21F3N2O3/c1-5-12(4)11(20)18(6-7-21-13(14,15)16)9(8(2)3)10(19)17-12/h8-9H,5-7H2,1-4H3,(H,17,19). The number of hydrogen-bond acceptors (Lipinski definition) is 3. The van der Waals surface area contributed by atoms with Gasteiger partial charge in [-0.05, 0) is 19.3 Å². The van der Waals surface area contributed by atoms with Gasteiger partial charge in [-0.1, -0.05) is 20.8 Å². The minimum atomic E-state index is -4.75. The summed E-state index contributed by atoms with van der Waals surface area (Å²) in [6, 6.07) is -0.783. The molecule has 1 aliphatic rings. The first-order chi connectivity index (χ1) is 9.52. The number of hydrogen-bond donors (Lipinski definition) is 1. The number of halogens is 3. The van der Waals surface area contributed by atoms with Crippen LogP contribution >= 0.6 is 0 Å². The summed E-state index contributed by atoms with van der Waals surface area (Å²) in [5, 5.41) is 2.67. The summed E-state index contributed by atoms with van der Waals surface area (Å²) in [5.74, 6) is -0.934. The zero-order chi connectivity index (χ0) is 16.4. The lowest BCUT2D eigenvalue weighted by molar-refractivity contribution is -0.325. The van der Waals surface area contributed by atoms with Gasteiger partial charge in [-0.25, -0.2) is 0 Å². The Hall–Kier alpha value is -1.31. The van der Waals surface area contributed by atoms with E-state index in [2.05, 4.69) is 10.1 Å². The summed E-state index contributed by atoms with van der Waals surface area (Å²) in [6.45, 7) is 5.82. The normalized spacial score (nSPS) is 27.2. The Labute approximate surface area is 121 Å². The summed E-state index contributed by atoms with van der Waals surface area (Å²) in [5.41, 5.74) is -1.08. The highest BCUT2D eigenvalue weighted by Gasteiger charge is 2.47. The van der Waals surface area contributed by atoms with Gasteiger partial charge in [-0.2, -0.15) is 0 Å². The van der Waals surface area contributed by atoms with Crippen LogP contribution in [-0.4, -0.2) is 47.8 Å². The van der Waals surface area contributed by atoms with E-state index in [9.17, 15) is 22.8 Å². The van der Waals surface area contributed by atoms with Crippen LogP contribution in [0.15, 0.2) is 0 Å². The number of alkyl halides is 3. The first-order valence-corrected chi connectivity index (χ1v) is 6.85. The summed E-state index contributed by atoms with van der Waals surface area (Å²) in [4.78, 5) is 25.8. The van der Waals surface area contributed by atoms with Gasteiger partial charge >= 0.3 is 6.36 Å². The average Bonchev–Trinajstić information content (AvgIpc) is 2.33. The van der Waals surface area contributed by atoms with Crippen LogP contribution in [0.2, 0.25) is 0 Å². The van der Waals surface area contributed by atoms with Gasteiger partial charge < -0.3 is 10.2 Å². The zero-order valence-electron chi connectivity index (χ0n) is 12.6. The molecule has 1 fully saturated rings. The summed E-state index contributed by atoms with van der Waals surface area (Å²) in [6.07, 6.45) is -4.39. The Kier molecular flexibility index (Phi) is 5.25. The Morgan fingerprint density at radius 2 is 1.95 bits per heavy atom. The molecule has 1 heterocycles. The lowest BCUT2D eigenvalue weighted by Crippen LogP contribution is -2.70. The molecule has 5 nitrogen and oxygen atoms in total. The van der Waals surface area contributed by atoms with Crippen LogP contribution in [0.25, 0.3) is 0 Å². The lowest BCUT2D eigenvalue weighted by Gasteiger charge is -2.45. The zero-order valence-corrected chi connectivity index (χ0v) is 12.6. The molecule has 0 saturated carbocycles. The average molecular weight is 310 g/mol. The Morgan fingerprint density at radius 1 is 1.38 bits per heavy atom. The smallest absolute Gasteiger partial charge is 0.340 e. The fourth-order valence-corrected chi connectivity index (χ4v) is 2.39. The first kappa shape index (κ1) is 17.7. The van der Waals surface area contributed by atoms with Crippen molar-refractivity contribution >= 4 is 11.8 Å². The maximum Gasteiger partial charge on any atom is 0.522 e. The molecule has 0 radical (unpaired) electrons. The molecule has 1 rings (SSSR count). The minimum absolute atomic E-state index is 0.207. The van der Waals surface area contributed by atoms with Crippen molar-refractivity contribution in [2.45, 2.75) is 52.1 Å². The highest BCUT2D eigenvalue weighted by atomic mass is 19.4. The van der Waals surface area contributed by atoms with Gasteiger partial charge in [0.05, 0.1) is 6.61 Å². The molecule has 0 aliphatic carbocycles. The number of rotatable bonds is 5. The molecule has 21 heavy (non-hydrogen) atoms. The van der Waals surface area contributed by atoms with Gasteiger partial charge in [-0.3, -0.25) is 14.3 Å². The molecule has 2 amide bonds. The highest BCUT2D eigenvalue weighted by molar-refractivity contribution is 5.99. The molecular formula is C13H21F3N2O3. The van der Waals surface area contributed by atoms with Crippen molar-refractivity contribution < 1.29 is 27.5 Å². The van der Waals surface area contributed by atoms with E-state index in [0.29, 0.717) is 6.42 Å². The molecule has 0 spiro atoms. The predicted molar refractivity (Wildman–Crippen MR) is 69.2 cm³/mol. The first-order valence-electron chi connectivity index (χ1n) is 6.85. The molecule has 0 aromatic rings. The molecule has 1 N–H and O–H groups in total. The number of amides is 2. The van der Waals surface area contributed by atoms with E-state index in [1.807, 2.05) is 0 Å². The molecular weight excluding hydrogens is 289 g/mol. The maximum atomic E-state index is 12.5. The van der Waals surface area contributed by atoms with Gasteiger partial charge in [0, 0.05) is 6.54 Å². The third-order valence-corrected chi connectivity index (χ3v) is 3.67. The van der Waals surface area contributed by atoms with Crippen LogP contribution in [0.3, 0.4) is 0 Å². The van der Waals surface area contributed by atoms with E-state index in [1.165, 1.54) is 4.90 Å². The topological polar surface area (TPSA) is 58.6 Å². The van der Waals surface area contributed by atoms with Gasteiger partial charge in [0.2, 0.25) is 11.8 Å². The number of nitrogens with zero attached hydrogens (tertiary/aromatic N) is 1. The predicted octanol–water partition coefficient (Wildman–Crippen LogP) is 1.67. The van der Waals surface area contributed by atoms with Crippen molar-refractivity contribution in [1.82, 2.24) is 10.2 Å². The van der Waals surface area contributed by atoms with E-state index in [-0.39, 0.29) is 24.3 Å². The van der Waals surface area contributed by atoms with Crippen LogP contribution in [0, 0.1) is 5.92 Å². The quantitative estimate of drug-likeness (QED) is 0.840. The SMILES string of the molecule is CCC1(C)NC(=O)C(C(C)C)N(CCOC(F)(F)F)C1=O. The third kappa shape index (κ3) is 4.09. The fraction of sp³-hybridized carbons (Fsp3) is 0.846. The van der Waals surface area contributed by atoms with Crippen molar-refractivity contribution in [3.8, 4) is 0 Å². The van der Waals surface area contributed by atoms with Crippen LogP contribution in [0.4, 0.5) is 13.2 Å². The Bertz CT molecular complexity index is 412. The van der Waals surface area contributed by atoms with Crippen LogP contribution in [-0.2, 0) is 14.3 Å². The van der Waals surface area contributed by atoms with Crippen molar-refractivity contribution in [3.63, 3.8) is 0 Å². The van der Waals surface area contributed by atoms with Gasteiger partial charge in [0.1, 0.15) is 11.6 Å². The van der Waals surface area contributed by atoms with E-state index < -0.39 is 24.6 Å². The largest absolute Gasteiger partial charge is 0.522 e. The van der Waals surface area contributed by atoms with Crippen molar-refractivity contribution in [1.29, 1.82) is 0 Å². The molecule has 1 aliphatic heterocycles. The van der Waals surface area contributed by atoms with Gasteiger partial charge in [-0.15, -0.1) is 13.2 Å². The van der Waals surface area contributed by atoms with Crippen molar-refractivity contribution in [2.24, 2.45) is 5.92 Å². The summed E-state index contributed by atoms with van der Waals surface area (Å²) >= 11 is 0. The number of ether oxygens (including phenoxy) is 1. The van der Waals surface area contributed by atoms with Crippen LogP contribution in [0.5, 0.6) is 0 Å². The Morgan fingerprint density at radius 3 is 2.38 bits per heavy atom. The molecule has 0 bridgehead atoms. The van der Waals surface area contributed by atoms with E-state index in [0.717, 1.165) is 0 Å². The molecule has 2 atom stereocenters. The maximum absolute atomic E-state index is 12.5. The molecule has 122 valence electrons. The number of nitrogens with one attached hydrogen (secondary N) is 1. The van der Waals surface area contributed by atoms with Crippen molar-refractivity contribution in [2.75, 3.05) is 13.2 Å². The van der Waals surface area contributed by atoms with Crippen molar-refractivity contribution in [3.05, 3.63) is 0 Å². The number of piperazine rings is 1. The monoisotopic (exact) mass is 310 g/mol. The molecule has 2 unspecified atom stereocenters. The molecule has 0 aromatic carbocycles. The molecule has 8 heteroatoms. The number of carbonyl (C=O) groups is 2. The second-order valence-electron chi connectivity index (χ2n) is 5.66. The lowest BCUT2D eigenvalue weighted by atomic mass is 9.88. The van der Waals surface area contributed by atoms with E-state index in [4.69, 9.17) is 0 Å². The third-order valence-electron chi connectivity index (χ3n) is 3.67. The Balaban J connectivity index is 2.91.